The molecule has 1 heterocycles. The van der Waals surface area contributed by atoms with Crippen LogP contribution in [0.4, 0.5) is 5.13 Å². The van der Waals surface area contributed by atoms with Crippen LogP contribution in [-0.2, 0) is 0 Å². The Kier molecular flexibility index (Phi) is 15.2. The molecule has 0 bridgehead atoms. The molecule has 0 saturated carbocycles. The molecule has 2 aromatic carbocycles. The third kappa shape index (κ3) is 12.1. The van der Waals surface area contributed by atoms with E-state index in [1.54, 1.807) is 12.1 Å². The molecule has 0 spiro atoms. The van der Waals surface area contributed by atoms with E-state index >= 15 is 0 Å². The standard InChI is InChI=1S/C33H47N3O3S/c1-3-5-7-9-11-12-14-16-26-39-30-23-19-28(20-24-30)32-35-36-33(40-32)34-31(37)27-17-21-29(22-18-27)38-25-15-13-10-8-6-4-2/h17-24H,3-16,25-26H2,1-2H3,(H,34,36,37). The number of carbonyl (C=O) groups excluding carboxylic acids is 1. The van der Waals surface area contributed by atoms with Crippen LogP contribution in [-0.4, -0.2) is 29.3 Å². The van der Waals surface area contributed by atoms with Crippen molar-refractivity contribution < 1.29 is 14.3 Å². The van der Waals surface area contributed by atoms with Crippen LogP contribution >= 0.6 is 11.3 Å². The largest absolute Gasteiger partial charge is 0.494 e. The van der Waals surface area contributed by atoms with Gasteiger partial charge in [0.15, 0.2) is 0 Å². The predicted molar refractivity (Wildman–Crippen MR) is 167 cm³/mol. The Bertz CT molecular complexity index is 1080. The second-order valence-electron chi connectivity index (χ2n) is 10.4. The minimum absolute atomic E-state index is 0.213. The number of amides is 1. The van der Waals surface area contributed by atoms with Crippen LogP contribution in [0.5, 0.6) is 11.5 Å². The SMILES string of the molecule is CCCCCCCCCCOc1ccc(-c2nnc(NC(=O)c3ccc(OCCCCCCCC)cc3)s2)cc1. The van der Waals surface area contributed by atoms with Gasteiger partial charge < -0.3 is 9.47 Å². The van der Waals surface area contributed by atoms with Crippen LogP contribution in [0.2, 0.25) is 0 Å². The van der Waals surface area contributed by atoms with Crippen molar-refractivity contribution in [2.45, 2.75) is 104 Å². The van der Waals surface area contributed by atoms with Gasteiger partial charge in [-0.3, -0.25) is 10.1 Å². The molecule has 3 rings (SSSR count). The van der Waals surface area contributed by atoms with Crippen molar-refractivity contribution in [1.82, 2.24) is 10.2 Å². The van der Waals surface area contributed by atoms with Crippen LogP contribution < -0.4 is 14.8 Å². The van der Waals surface area contributed by atoms with Crippen LogP contribution in [0.25, 0.3) is 10.6 Å². The molecule has 7 heteroatoms. The maximum Gasteiger partial charge on any atom is 0.257 e. The Morgan fingerprint density at radius 1 is 0.650 bits per heavy atom. The summed E-state index contributed by atoms with van der Waals surface area (Å²) in [6, 6.07) is 15.1. The van der Waals surface area contributed by atoms with E-state index in [2.05, 4.69) is 29.4 Å². The fourth-order valence-electron chi connectivity index (χ4n) is 4.45. The molecule has 0 fully saturated rings. The van der Waals surface area contributed by atoms with Gasteiger partial charge in [0, 0.05) is 11.1 Å². The van der Waals surface area contributed by atoms with Crippen molar-refractivity contribution >= 4 is 22.4 Å². The lowest BCUT2D eigenvalue weighted by Gasteiger charge is -2.07. The van der Waals surface area contributed by atoms with Gasteiger partial charge in [-0.05, 0) is 61.4 Å². The molecule has 3 aromatic rings. The summed E-state index contributed by atoms with van der Waals surface area (Å²) in [7, 11) is 0. The first kappa shape index (κ1) is 31.6. The second-order valence-corrected chi connectivity index (χ2v) is 11.3. The Morgan fingerprint density at radius 3 is 1.65 bits per heavy atom. The fourth-order valence-corrected chi connectivity index (χ4v) is 5.20. The number of hydrogen-bond donors (Lipinski definition) is 1. The van der Waals surface area contributed by atoms with Crippen molar-refractivity contribution in [3.05, 3.63) is 54.1 Å². The Hall–Kier alpha value is -2.93. The summed E-state index contributed by atoms with van der Waals surface area (Å²) in [5.41, 5.74) is 1.51. The van der Waals surface area contributed by atoms with Gasteiger partial charge in [-0.2, -0.15) is 0 Å². The average Bonchev–Trinajstić information content (AvgIpc) is 3.45. The summed E-state index contributed by atoms with van der Waals surface area (Å²) in [6.45, 7) is 5.93. The Labute approximate surface area is 244 Å². The molecule has 6 nitrogen and oxygen atoms in total. The molecule has 1 amide bonds. The molecule has 0 radical (unpaired) electrons. The van der Waals surface area contributed by atoms with Gasteiger partial charge in [0.05, 0.1) is 13.2 Å². The number of anilines is 1. The zero-order valence-corrected chi connectivity index (χ0v) is 25.3. The minimum atomic E-state index is -0.213. The highest BCUT2D eigenvalue weighted by molar-refractivity contribution is 7.18. The van der Waals surface area contributed by atoms with Gasteiger partial charge in [0.2, 0.25) is 5.13 Å². The molecule has 0 atom stereocenters. The summed E-state index contributed by atoms with van der Waals surface area (Å²) < 4.78 is 11.7. The number of aromatic nitrogens is 2. The molecule has 218 valence electrons. The quantitative estimate of drug-likeness (QED) is 0.130. The third-order valence-electron chi connectivity index (χ3n) is 6.90. The lowest BCUT2D eigenvalue weighted by molar-refractivity contribution is 0.102. The number of nitrogens with one attached hydrogen (secondary N) is 1. The molecule has 0 aliphatic rings. The lowest BCUT2D eigenvalue weighted by atomic mass is 10.1. The molecule has 40 heavy (non-hydrogen) atoms. The maximum atomic E-state index is 12.7. The van der Waals surface area contributed by atoms with Gasteiger partial charge in [0.25, 0.3) is 5.91 Å². The van der Waals surface area contributed by atoms with Crippen LogP contribution in [0, 0.1) is 0 Å². The lowest BCUT2D eigenvalue weighted by Crippen LogP contribution is -2.11. The van der Waals surface area contributed by atoms with Crippen molar-refractivity contribution in [2.75, 3.05) is 18.5 Å². The monoisotopic (exact) mass is 565 g/mol. The first-order chi connectivity index (χ1) is 19.7. The van der Waals surface area contributed by atoms with E-state index in [1.807, 2.05) is 36.4 Å². The Morgan fingerprint density at radius 2 is 1.12 bits per heavy atom. The molecule has 0 saturated heterocycles. The average molecular weight is 566 g/mol. The topological polar surface area (TPSA) is 73.3 Å². The summed E-state index contributed by atoms with van der Waals surface area (Å²) >= 11 is 1.35. The van der Waals surface area contributed by atoms with Crippen molar-refractivity contribution in [1.29, 1.82) is 0 Å². The Balaban J connectivity index is 1.35. The van der Waals surface area contributed by atoms with Gasteiger partial charge in [-0.25, -0.2) is 0 Å². The highest BCUT2D eigenvalue weighted by Crippen LogP contribution is 2.28. The van der Waals surface area contributed by atoms with E-state index < -0.39 is 0 Å². The van der Waals surface area contributed by atoms with Gasteiger partial charge in [-0.15, -0.1) is 10.2 Å². The van der Waals surface area contributed by atoms with E-state index in [4.69, 9.17) is 9.47 Å². The summed E-state index contributed by atoms with van der Waals surface area (Å²) in [6.07, 6.45) is 17.7. The molecule has 0 aliphatic heterocycles. The summed E-state index contributed by atoms with van der Waals surface area (Å²) in [5.74, 6) is 1.44. The molecule has 1 aromatic heterocycles. The number of ether oxygens (including phenoxy) is 2. The van der Waals surface area contributed by atoms with Gasteiger partial charge in [-0.1, -0.05) is 102 Å². The van der Waals surface area contributed by atoms with E-state index in [1.165, 1.54) is 88.4 Å². The number of carbonyl (C=O) groups is 1. The number of hydrogen-bond acceptors (Lipinski definition) is 6. The van der Waals surface area contributed by atoms with E-state index in [0.717, 1.165) is 41.5 Å². The maximum absolute atomic E-state index is 12.7. The third-order valence-corrected chi connectivity index (χ3v) is 7.78. The molecule has 0 unspecified atom stereocenters. The molecule has 0 aliphatic carbocycles. The molecule has 1 N–H and O–H groups in total. The summed E-state index contributed by atoms with van der Waals surface area (Å²) in [5, 5.41) is 12.5. The van der Waals surface area contributed by atoms with E-state index in [9.17, 15) is 4.79 Å². The first-order valence-electron chi connectivity index (χ1n) is 15.3. The zero-order valence-electron chi connectivity index (χ0n) is 24.5. The zero-order chi connectivity index (χ0) is 28.3. The first-order valence-corrected chi connectivity index (χ1v) is 16.1. The van der Waals surface area contributed by atoms with E-state index in [-0.39, 0.29) is 5.91 Å². The predicted octanol–water partition coefficient (Wildman–Crippen LogP) is 9.72. The van der Waals surface area contributed by atoms with E-state index in [0.29, 0.717) is 17.3 Å². The normalized spacial score (nSPS) is 10.9. The highest BCUT2D eigenvalue weighted by Gasteiger charge is 2.12. The molecular formula is C33H47N3O3S. The van der Waals surface area contributed by atoms with Crippen LogP contribution in [0.3, 0.4) is 0 Å². The van der Waals surface area contributed by atoms with Crippen molar-refractivity contribution in [3.8, 4) is 22.1 Å². The second kappa shape index (κ2) is 19.2. The number of nitrogens with zero attached hydrogens (tertiary/aromatic N) is 2. The highest BCUT2D eigenvalue weighted by atomic mass is 32.1. The van der Waals surface area contributed by atoms with Gasteiger partial charge >= 0.3 is 0 Å². The smallest absolute Gasteiger partial charge is 0.257 e. The molecular weight excluding hydrogens is 518 g/mol. The van der Waals surface area contributed by atoms with Crippen LogP contribution in [0.1, 0.15) is 114 Å². The summed E-state index contributed by atoms with van der Waals surface area (Å²) in [4.78, 5) is 12.7. The minimum Gasteiger partial charge on any atom is -0.494 e. The number of unbranched alkanes of at least 4 members (excludes halogenated alkanes) is 12. The van der Waals surface area contributed by atoms with Gasteiger partial charge in [0.1, 0.15) is 16.5 Å². The fraction of sp³-hybridized carbons (Fsp3) is 0.545. The van der Waals surface area contributed by atoms with Crippen molar-refractivity contribution in [3.63, 3.8) is 0 Å². The van der Waals surface area contributed by atoms with Crippen LogP contribution in [0.15, 0.2) is 48.5 Å². The number of rotatable bonds is 21. The number of benzene rings is 2. The van der Waals surface area contributed by atoms with Crippen molar-refractivity contribution in [2.24, 2.45) is 0 Å².